The minimum atomic E-state index is -0.153. The molecule has 128 valence electrons. The van der Waals surface area contributed by atoms with Crippen LogP contribution >= 0.6 is 0 Å². The maximum atomic E-state index is 11.8. The highest BCUT2D eigenvalue weighted by Gasteiger charge is 2.22. The first-order valence-electron chi connectivity index (χ1n) is 8.15. The summed E-state index contributed by atoms with van der Waals surface area (Å²) in [6.07, 6.45) is 1.28. The lowest BCUT2D eigenvalue weighted by Crippen LogP contribution is -2.35. The van der Waals surface area contributed by atoms with Gasteiger partial charge in [0.1, 0.15) is 0 Å². The van der Waals surface area contributed by atoms with E-state index >= 15 is 0 Å². The van der Waals surface area contributed by atoms with Gasteiger partial charge in [-0.05, 0) is 36.5 Å². The van der Waals surface area contributed by atoms with Crippen LogP contribution in [-0.4, -0.2) is 25.4 Å². The van der Waals surface area contributed by atoms with Gasteiger partial charge in [-0.2, -0.15) is 0 Å². The van der Waals surface area contributed by atoms with Crippen LogP contribution in [0.15, 0.2) is 18.2 Å². The second kappa shape index (κ2) is 7.68. The molecule has 1 aliphatic rings. The van der Waals surface area contributed by atoms with Gasteiger partial charge in [-0.1, -0.05) is 26.8 Å². The van der Waals surface area contributed by atoms with Crippen molar-refractivity contribution in [3.8, 4) is 11.5 Å². The third-order valence-electron chi connectivity index (χ3n) is 3.61. The Bertz CT molecular complexity index is 536. The van der Waals surface area contributed by atoms with Crippen LogP contribution in [0.25, 0.3) is 0 Å². The summed E-state index contributed by atoms with van der Waals surface area (Å²) in [6, 6.07) is 6.00. The van der Waals surface area contributed by atoms with Crippen LogP contribution in [0.2, 0.25) is 0 Å². The summed E-state index contributed by atoms with van der Waals surface area (Å²) in [6.45, 7) is 9.73. The Kier molecular flexibility index (Phi) is 5.88. The lowest BCUT2D eigenvalue weighted by molar-refractivity contribution is -0.143. The molecule has 0 amide bonds. The largest absolute Gasteiger partial charge is 0.466 e. The Morgan fingerprint density at radius 1 is 1.30 bits per heavy atom. The summed E-state index contributed by atoms with van der Waals surface area (Å²) in [4.78, 5) is 11.8. The molecule has 0 radical (unpaired) electrons. The average Bonchev–Trinajstić information content (AvgIpc) is 2.90. The molecule has 0 spiro atoms. The molecule has 0 fully saturated rings. The summed E-state index contributed by atoms with van der Waals surface area (Å²) >= 11 is 0. The van der Waals surface area contributed by atoms with Crippen LogP contribution in [0.3, 0.4) is 0 Å². The molecule has 1 atom stereocenters. The van der Waals surface area contributed by atoms with Crippen LogP contribution in [-0.2, 0) is 16.1 Å². The monoisotopic (exact) mass is 321 g/mol. The highest BCUT2D eigenvalue weighted by atomic mass is 16.7. The average molecular weight is 321 g/mol. The fraction of sp³-hybridized carbons (Fsp3) is 0.611. The smallest absolute Gasteiger partial charge is 0.307 e. The maximum absolute atomic E-state index is 11.8. The van der Waals surface area contributed by atoms with Crippen LogP contribution < -0.4 is 14.8 Å². The number of hydrogen-bond acceptors (Lipinski definition) is 5. The standard InChI is InChI=1S/C18H27NO4/c1-5-21-17(20)9-14(10-18(2,3)4)19-11-13-6-7-15-16(8-13)23-12-22-15/h6-8,14,19H,5,9-12H2,1-4H3. The molecular weight excluding hydrogens is 294 g/mol. The molecule has 0 aromatic heterocycles. The number of carbonyl (C=O) groups excluding carboxylic acids is 1. The number of fused-ring (bicyclic) bond motifs is 1. The molecule has 5 heteroatoms. The summed E-state index contributed by atoms with van der Waals surface area (Å²) in [5, 5.41) is 3.48. The van der Waals surface area contributed by atoms with E-state index in [2.05, 4.69) is 26.1 Å². The highest BCUT2D eigenvalue weighted by Crippen LogP contribution is 2.32. The SMILES string of the molecule is CCOC(=O)CC(CC(C)(C)C)NCc1ccc2c(c1)OCO2. The predicted octanol–water partition coefficient (Wildman–Crippen LogP) is 3.26. The number of esters is 1. The van der Waals surface area contributed by atoms with E-state index in [1.165, 1.54) is 0 Å². The van der Waals surface area contributed by atoms with Gasteiger partial charge in [-0.15, -0.1) is 0 Å². The van der Waals surface area contributed by atoms with Crippen LogP contribution in [0.5, 0.6) is 11.5 Å². The molecular formula is C18H27NO4. The van der Waals surface area contributed by atoms with Crippen LogP contribution in [0.1, 0.15) is 46.1 Å². The van der Waals surface area contributed by atoms with Crippen molar-refractivity contribution in [3.05, 3.63) is 23.8 Å². The van der Waals surface area contributed by atoms with Crippen molar-refractivity contribution >= 4 is 5.97 Å². The van der Waals surface area contributed by atoms with Crippen LogP contribution in [0, 0.1) is 5.41 Å². The highest BCUT2D eigenvalue weighted by molar-refractivity contribution is 5.70. The van der Waals surface area contributed by atoms with Gasteiger partial charge in [0, 0.05) is 12.6 Å². The van der Waals surface area contributed by atoms with Crippen molar-refractivity contribution in [2.75, 3.05) is 13.4 Å². The Morgan fingerprint density at radius 3 is 2.74 bits per heavy atom. The zero-order valence-electron chi connectivity index (χ0n) is 14.5. The van der Waals surface area contributed by atoms with Crippen molar-refractivity contribution in [2.45, 2.75) is 53.1 Å². The lowest BCUT2D eigenvalue weighted by Gasteiger charge is -2.26. The van der Waals surface area contributed by atoms with Crippen molar-refractivity contribution in [2.24, 2.45) is 5.41 Å². The predicted molar refractivity (Wildman–Crippen MR) is 88.5 cm³/mol. The Hall–Kier alpha value is -1.75. The van der Waals surface area contributed by atoms with Gasteiger partial charge in [0.25, 0.3) is 0 Å². The second-order valence-electron chi connectivity index (χ2n) is 7.04. The van der Waals surface area contributed by atoms with Gasteiger partial charge >= 0.3 is 5.97 Å². The normalized spacial score (nSPS) is 14.6. The molecule has 23 heavy (non-hydrogen) atoms. The van der Waals surface area contributed by atoms with Gasteiger partial charge in [0.2, 0.25) is 6.79 Å². The first kappa shape index (κ1) is 17.6. The molecule has 1 heterocycles. The maximum Gasteiger partial charge on any atom is 0.307 e. The molecule has 1 unspecified atom stereocenters. The minimum absolute atomic E-state index is 0.0828. The lowest BCUT2D eigenvalue weighted by atomic mass is 9.87. The molecule has 0 saturated carbocycles. The van der Waals surface area contributed by atoms with Gasteiger partial charge in [0.05, 0.1) is 13.0 Å². The van der Waals surface area contributed by atoms with Crippen molar-refractivity contribution in [1.29, 1.82) is 0 Å². The Labute approximate surface area is 138 Å². The molecule has 0 aliphatic carbocycles. The van der Waals surface area contributed by atoms with Crippen molar-refractivity contribution < 1.29 is 19.0 Å². The van der Waals surface area contributed by atoms with Gasteiger partial charge in [0.15, 0.2) is 11.5 Å². The van der Waals surface area contributed by atoms with E-state index in [0.29, 0.717) is 19.6 Å². The third kappa shape index (κ3) is 5.75. The molecule has 1 aliphatic heterocycles. The molecule has 5 nitrogen and oxygen atoms in total. The molecule has 0 saturated heterocycles. The molecule has 1 aromatic rings. The Balaban J connectivity index is 1.95. The first-order chi connectivity index (χ1) is 10.9. The molecule has 1 aromatic carbocycles. The number of benzene rings is 1. The number of rotatable bonds is 7. The summed E-state index contributed by atoms with van der Waals surface area (Å²) in [5.74, 6) is 1.41. The fourth-order valence-corrected chi connectivity index (χ4v) is 2.69. The van der Waals surface area contributed by atoms with E-state index in [4.69, 9.17) is 14.2 Å². The first-order valence-corrected chi connectivity index (χ1v) is 8.15. The number of hydrogen-bond donors (Lipinski definition) is 1. The topological polar surface area (TPSA) is 56.8 Å². The van der Waals surface area contributed by atoms with E-state index in [9.17, 15) is 4.79 Å². The molecule has 0 bridgehead atoms. The van der Waals surface area contributed by atoms with Gasteiger partial charge < -0.3 is 19.5 Å². The van der Waals surface area contributed by atoms with Crippen molar-refractivity contribution in [3.63, 3.8) is 0 Å². The van der Waals surface area contributed by atoms with E-state index < -0.39 is 0 Å². The number of nitrogens with one attached hydrogen (secondary N) is 1. The fourth-order valence-electron chi connectivity index (χ4n) is 2.69. The quantitative estimate of drug-likeness (QED) is 0.781. The summed E-state index contributed by atoms with van der Waals surface area (Å²) in [7, 11) is 0. The second-order valence-corrected chi connectivity index (χ2v) is 7.04. The Morgan fingerprint density at radius 2 is 2.04 bits per heavy atom. The van der Waals surface area contributed by atoms with Gasteiger partial charge in [-0.25, -0.2) is 0 Å². The molecule has 2 rings (SSSR count). The van der Waals surface area contributed by atoms with E-state index in [1.54, 1.807) is 0 Å². The number of ether oxygens (including phenoxy) is 3. The van der Waals surface area contributed by atoms with Gasteiger partial charge in [-0.3, -0.25) is 4.79 Å². The molecule has 1 N–H and O–H groups in total. The third-order valence-corrected chi connectivity index (χ3v) is 3.61. The minimum Gasteiger partial charge on any atom is -0.466 e. The van der Waals surface area contributed by atoms with E-state index in [0.717, 1.165) is 23.5 Å². The van der Waals surface area contributed by atoms with Crippen LogP contribution in [0.4, 0.5) is 0 Å². The summed E-state index contributed by atoms with van der Waals surface area (Å²) < 4.78 is 15.8. The zero-order valence-corrected chi connectivity index (χ0v) is 14.5. The van der Waals surface area contributed by atoms with Crippen molar-refractivity contribution in [1.82, 2.24) is 5.32 Å². The van der Waals surface area contributed by atoms with E-state index in [-0.39, 0.29) is 24.2 Å². The summed E-state index contributed by atoms with van der Waals surface area (Å²) in [5.41, 5.74) is 1.25. The number of carbonyl (C=O) groups is 1. The zero-order chi connectivity index (χ0) is 16.9. The van der Waals surface area contributed by atoms with E-state index in [1.807, 2.05) is 25.1 Å².